The number of rotatable bonds is 5. The van der Waals surface area contributed by atoms with E-state index in [0.717, 1.165) is 12.8 Å². The molecule has 0 spiro atoms. The van der Waals surface area contributed by atoms with Gasteiger partial charge in [0, 0.05) is 25.0 Å². The van der Waals surface area contributed by atoms with Gasteiger partial charge in [-0.05, 0) is 31.4 Å². The van der Waals surface area contributed by atoms with Gasteiger partial charge in [-0.1, -0.05) is 43.2 Å². The van der Waals surface area contributed by atoms with E-state index in [4.69, 9.17) is 0 Å². The van der Waals surface area contributed by atoms with Crippen LogP contribution in [0, 0.1) is 0 Å². The van der Waals surface area contributed by atoms with Gasteiger partial charge in [0.2, 0.25) is 5.91 Å². The Labute approximate surface area is 131 Å². The van der Waals surface area contributed by atoms with E-state index in [-0.39, 0.29) is 11.9 Å². The van der Waals surface area contributed by atoms with Crippen LogP contribution < -0.4 is 0 Å². The summed E-state index contributed by atoms with van der Waals surface area (Å²) >= 11 is 0. The van der Waals surface area contributed by atoms with Crippen LogP contribution in [-0.2, 0) is 11.3 Å². The lowest BCUT2D eigenvalue weighted by atomic mass is 10.1. The molecule has 22 heavy (non-hydrogen) atoms. The minimum Gasteiger partial charge on any atom is -0.334 e. The summed E-state index contributed by atoms with van der Waals surface area (Å²) in [6, 6.07) is 12.2. The van der Waals surface area contributed by atoms with Gasteiger partial charge in [-0.25, -0.2) is 0 Å². The smallest absolute Gasteiger partial charge is 0.247 e. The SMILES string of the molecule is CC(C(=O)N(Cc1ccccc1)C1CCCC1)n1cccn1. The zero-order chi connectivity index (χ0) is 15.4. The van der Waals surface area contributed by atoms with Crippen LogP contribution in [0.3, 0.4) is 0 Å². The predicted molar refractivity (Wildman–Crippen MR) is 86.2 cm³/mol. The zero-order valence-electron chi connectivity index (χ0n) is 13.1. The first-order chi connectivity index (χ1) is 10.8. The standard InChI is InChI=1S/C18H23N3O/c1-15(21-13-7-12-19-21)18(22)20(17-10-5-6-11-17)14-16-8-3-2-4-9-16/h2-4,7-9,12-13,15,17H,5-6,10-11,14H2,1H3. The molecule has 1 aromatic carbocycles. The molecule has 1 fully saturated rings. The number of carbonyl (C=O) groups is 1. The highest BCUT2D eigenvalue weighted by Gasteiger charge is 2.30. The van der Waals surface area contributed by atoms with E-state index in [1.807, 2.05) is 37.4 Å². The first kappa shape index (κ1) is 14.8. The molecule has 3 rings (SSSR count). The number of carbonyl (C=O) groups excluding carboxylic acids is 1. The van der Waals surface area contributed by atoms with E-state index in [1.54, 1.807) is 10.9 Å². The molecule has 1 aromatic heterocycles. The summed E-state index contributed by atoms with van der Waals surface area (Å²) in [5, 5.41) is 4.22. The van der Waals surface area contributed by atoms with Crippen LogP contribution in [0.2, 0.25) is 0 Å². The molecule has 1 heterocycles. The topological polar surface area (TPSA) is 38.1 Å². The molecule has 4 heteroatoms. The van der Waals surface area contributed by atoms with Crippen LogP contribution in [-0.4, -0.2) is 26.6 Å². The lowest BCUT2D eigenvalue weighted by Crippen LogP contribution is -2.42. The Morgan fingerprint density at radius 1 is 1.27 bits per heavy atom. The summed E-state index contributed by atoms with van der Waals surface area (Å²) in [5.41, 5.74) is 1.19. The second-order valence-corrected chi connectivity index (χ2v) is 6.05. The zero-order valence-corrected chi connectivity index (χ0v) is 13.1. The van der Waals surface area contributed by atoms with Crippen molar-refractivity contribution in [3.05, 3.63) is 54.4 Å². The van der Waals surface area contributed by atoms with Crippen LogP contribution in [0.15, 0.2) is 48.8 Å². The maximum atomic E-state index is 13.0. The van der Waals surface area contributed by atoms with Crippen LogP contribution in [0.5, 0.6) is 0 Å². The maximum Gasteiger partial charge on any atom is 0.247 e. The van der Waals surface area contributed by atoms with Gasteiger partial charge in [0.15, 0.2) is 0 Å². The van der Waals surface area contributed by atoms with Gasteiger partial charge in [-0.15, -0.1) is 0 Å². The molecule has 0 bridgehead atoms. The first-order valence-corrected chi connectivity index (χ1v) is 8.09. The molecule has 1 aliphatic rings. The molecule has 116 valence electrons. The van der Waals surface area contributed by atoms with Crippen LogP contribution in [0.4, 0.5) is 0 Å². The molecule has 1 unspecified atom stereocenters. The highest BCUT2D eigenvalue weighted by Crippen LogP contribution is 2.27. The second kappa shape index (κ2) is 6.77. The number of benzene rings is 1. The molecule has 1 amide bonds. The minimum atomic E-state index is -0.251. The summed E-state index contributed by atoms with van der Waals surface area (Å²) < 4.78 is 1.75. The minimum absolute atomic E-state index is 0.166. The van der Waals surface area contributed by atoms with Crippen molar-refractivity contribution in [2.24, 2.45) is 0 Å². The highest BCUT2D eigenvalue weighted by molar-refractivity contribution is 5.80. The normalized spacial score (nSPS) is 16.6. The highest BCUT2D eigenvalue weighted by atomic mass is 16.2. The largest absolute Gasteiger partial charge is 0.334 e. The third-order valence-electron chi connectivity index (χ3n) is 4.52. The van der Waals surface area contributed by atoms with Gasteiger partial charge in [-0.2, -0.15) is 5.10 Å². The van der Waals surface area contributed by atoms with Gasteiger partial charge in [0.1, 0.15) is 6.04 Å². The van der Waals surface area contributed by atoms with E-state index in [0.29, 0.717) is 12.6 Å². The summed E-state index contributed by atoms with van der Waals surface area (Å²) in [5.74, 6) is 0.166. The molecule has 1 aliphatic carbocycles. The summed E-state index contributed by atoms with van der Waals surface area (Å²) in [4.78, 5) is 15.1. The summed E-state index contributed by atoms with van der Waals surface area (Å²) in [6.07, 6.45) is 8.26. The van der Waals surface area contributed by atoms with Crippen molar-refractivity contribution in [2.75, 3.05) is 0 Å². The van der Waals surface area contributed by atoms with Gasteiger partial charge in [-0.3, -0.25) is 9.48 Å². The monoisotopic (exact) mass is 297 g/mol. The molecular weight excluding hydrogens is 274 g/mol. The van der Waals surface area contributed by atoms with Crippen molar-refractivity contribution in [2.45, 2.75) is 51.2 Å². The first-order valence-electron chi connectivity index (χ1n) is 8.09. The number of amides is 1. The molecule has 2 aromatic rings. The number of aromatic nitrogens is 2. The van der Waals surface area contributed by atoms with Gasteiger partial charge >= 0.3 is 0 Å². The van der Waals surface area contributed by atoms with E-state index >= 15 is 0 Å². The van der Waals surface area contributed by atoms with Gasteiger partial charge in [0.25, 0.3) is 0 Å². The number of nitrogens with zero attached hydrogens (tertiary/aromatic N) is 3. The van der Waals surface area contributed by atoms with E-state index in [9.17, 15) is 4.79 Å². The van der Waals surface area contributed by atoms with E-state index in [1.165, 1.54) is 18.4 Å². The average molecular weight is 297 g/mol. The Morgan fingerprint density at radius 2 is 2.00 bits per heavy atom. The van der Waals surface area contributed by atoms with Crippen molar-refractivity contribution in [1.29, 1.82) is 0 Å². The fourth-order valence-corrected chi connectivity index (χ4v) is 3.25. The van der Waals surface area contributed by atoms with Crippen molar-refractivity contribution in [1.82, 2.24) is 14.7 Å². The Morgan fingerprint density at radius 3 is 2.64 bits per heavy atom. The molecule has 1 saturated carbocycles. The van der Waals surface area contributed by atoms with Crippen molar-refractivity contribution in [3.63, 3.8) is 0 Å². The van der Waals surface area contributed by atoms with Gasteiger partial charge in [0.05, 0.1) is 0 Å². The van der Waals surface area contributed by atoms with E-state index in [2.05, 4.69) is 22.1 Å². The number of hydrogen-bond acceptors (Lipinski definition) is 2. The molecule has 0 aliphatic heterocycles. The lowest BCUT2D eigenvalue weighted by molar-refractivity contribution is -0.137. The van der Waals surface area contributed by atoms with Crippen LogP contribution in [0.1, 0.15) is 44.2 Å². The second-order valence-electron chi connectivity index (χ2n) is 6.05. The van der Waals surface area contributed by atoms with E-state index < -0.39 is 0 Å². The molecule has 0 saturated heterocycles. The molecule has 0 N–H and O–H groups in total. The average Bonchev–Trinajstić information content (AvgIpc) is 3.25. The fraction of sp³-hybridized carbons (Fsp3) is 0.444. The summed E-state index contributed by atoms with van der Waals surface area (Å²) in [7, 11) is 0. The Balaban J connectivity index is 1.79. The summed E-state index contributed by atoms with van der Waals surface area (Å²) in [6.45, 7) is 2.62. The van der Waals surface area contributed by atoms with Crippen molar-refractivity contribution in [3.8, 4) is 0 Å². The quantitative estimate of drug-likeness (QED) is 0.848. The van der Waals surface area contributed by atoms with Crippen molar-refractivity contribution < 1.29 is 4.79 Å². The van der Waals surface area contributed by atoms with Crippen LogP contribution in [0.25, 0.3) is 0 Å². The Kier molecular flexibility index (Phi) is 4.56. The third kappa shape index (κ3) is 3.21. The third-order valence-corrected chi connectivity index (χ3v) is 4.52. The molecular formula is C18H23N3O. The molecule has 0 radical (unpaired) electrons. The molecule has 4 nitrogen and oxygen atoms in total. The maximum absolute atomic E-state index is 13.0. The Bertz CT molecular complexity index is 588. The lowest BCUT2D eigenvalue weighted by Gasteiger charge is -2.31. The Hall–Kier alpha value is -2.10. The van der Waals surface area contributed by atoms with Gasteiger partial charge < -0.3 is 4.90 Å². The van der Waals surface area contributed by atoms with Crippen molar-refractivity contribution >= 4 is 5.91 Å². The fourth-order valence-electron chi connectivity index (χ4n) is 3.25. The molecule has 1 atom stereocenters. The predicted octanol–water partition coefficient (Wildman–Crippen LogP) is 3.42. The van der Waals surface area contributed by atoms with Crippen LogP contribution >= 0.6 is 0 Å². The number of hydrogen-bond donors (Lipinski definition) is 0.